The van der Waals surface area contributed by atoms with Crippen LogP contribution < -0.4 is 0 Å². The van der Waals surface area contributed by atoms with Crippen molar-refractivity contribution in [2.24, 2.45) is 4.99 Å². The SMILES string of the molecule is C/C=C\N=C(/C)n1c2ccccc2c2ccc3c4ccccc4n(-c4ccncn4)c3c21. The fourth-order valence-corrected chi connectivity index (χ4v) is 4.73. The van der Waals surface area contributed by atoms with E-state index in [1.165, 1.54) is 21.5 Å². The minimum Gasteiger partial charge on any atom is -0.295 e. The molecule has 0 fully saturated rings. The van der Waals surface area contributed by atoms with Gasteiger partial charge in [-0.15, -0.1) is 0 Å². The van der Waals surface area contributed by atoms with Gasteiger partial charge in [0.15, 0.2) is 0 Å². The summed E-state index contributed by atoms with van der Waals surface area (Å²) in [7, 11) is 0. The monoisotopic (exact) mass is 415 g/mol. The summed E-state index contributed by atoms with van der Waals surface area (Å²) in [6.45, 7) is 4.04. The van der Waals surface area contributed by atoms with Crippen molar-refractivity contribution in [1.29, 1.82) is 0 Å². The van der Waals surface area contributed by atoms with Crippen molar-refractivity contribution in [2.75, 3.05) is 0 Å². The second-order valence-electron chi connectivity index (χ2n) is 7.79. The van der Waals surface area contributed by atoms with Crippen molar-refractivity contribution in [2.45, 2.75) is 13.8 Å². The summed E-state index contributed by atoms with van der Waals surface area (Å²) in [5, 5.41) is 4.79. The van der Waals surface area contributed by atoms with Gasteiger partial charge < -0.3 is 0 Å². The van der Waals surface area contributed by atoms with E-state index in [9.17, 15) is 0 Å². The average molecular weight is 416 g/mol. The largest absolute Gasteiger partial charge is 0.295 e. The molecule has 0 radical (unpaired) electrons. The normalized spacial score (nSPS) is 12.8. The first-order chi connectivity index (χ1) is 15.8. The summed E-state index contributed by atoms with van der Waals surface area (Å²) in [5.74, 6) is 1.76. The molecule has 5 nitrogen and oxygen atoms in total. The van der Waals surface area contributed by atoms with Gasteiger partial charge in [-0.2, -0.15) is 0 Å². The molecule has 154 valence electrons. The molecule has 3 aromatic heterocycles. The van der Waals surface area contributed by atoms with Gasteiger partial charge in [0.05, 0.1) is 22.1 Å². The van der Waals surface area contributed by atoms with Crippen molar-refractivity contribution >= 4 is 49.4 Å². The smallest absolute Gasteiger partial charge is 0.141 e. The fraction of sp³-hybridized carbons (Fsp3) is 0.0741. The van der Waals surface area contributed by atoms with E-state index in [4.69, 9.17) is 4.99 Å². The quantitative estimate of drug-likeness (QED) is 0.240. The van der Waals surface area contributed by atoms with E-state index in [1.54, 1.807) is 12.5 Å². The Labute approximate surface area is 185 Å². The molecule has 6 aromatic rings. The van der Waals surface area contributed by atoms with Crippen LogP contribution in [-0.2, 0) is 0 Å². The number of hydrogen-bond donors (Lipinski definition) is 0. The van der Waals surface area contributed by atoms with Crippen molar-refractivity contribution in [3.8, 4) is 5.82 Å². The van der Waals surface area contributed by atoms with Crippen LogP contribution in [0.1, 0.15) is 13.8 Å². The molecule has 3 heterocycles. The fourth-order valence-electron chi connectivity index (χ4n) is 4.73. The number of rotatable bonds is 2. The minimum atomic E-state index is 0.846. The molecule has 0 aliphatic rings. The van der Waals surface area contributed by atoms with Gasteiger partial charge in [0.25, 0.3) is 0 Å². The number of fused-ring (bicyclic) bond motifs is 7. The summed E-state index contributed by atoms with van der Waals surface area (Å²) >= 11 is 0. The maximum Gasteiger partial charge on any atom is 0.141 e. The summed E-state index contributed by atoms with van der Waals surface area (Å²) in [6, 6.07) is 23.4. The summed E-state index contributed by atoms with van der Waals surface area (Å²) in [4.78, 5) is 13.5. The molecule has 0 atom stereocenters. The topological polar surface area (TPSA) is 48.0 Å². The molecule has 3 aromatic carbocycles. The first-order valence-electron chi connectivity index (χ1n) is 10.7. The molecule has 0 aliphatic carbocycles. The third-order valence-electron chi connectivity index (χ3n) is 6.00. The first kappa shape index (κ1) is 18.5. The van der Waals surface area contributed by atoms with E-state index in [0.717, 1.165) is 33.7 Å². The van der Waals surface area contributed by atoms with Crippen LogP contribution in [0.3, 0.4) is 0 Å². The number of hydrogen-bond acceptors (Lipinski definition) is 3. The van der Waals surface area contributed by atoms with Crippen LogP contribution in [0.4, 0.5) is 0 Å². The number of benzene rings is 3. The Morgan fingerprint density at radius 3 is 2.22 bits per heavy atom. The van der Waals surface area contributed by atoms with E-state index in [-0.39, 0.29) is 0 Å². The molecule has 6 rings (SSSR count). The van der Waals surface area contributed by atoms with Gasteiger partial charge >= 0.3 is 0 Å². The van der Waals surface area contributed by atoms with E-state index in [0.29, 0.717) is 0 Å². The van der Waals surface area contributed by atoms with Crippen LogP contribution in [0.5, 0.6) is 0 Å². The highest BCUT2D eigenvalue weighted by Crippen LogP contribution is 2.39. The summed E-state index contributed by atoms with van der Waals surface area (Å²) < 4.78 is 4.51. The van der Waals surface area contributed by atoms with E-state index >= 15 is 0 Å². The Hall–Kier alpha value is -4.25. The highest BCUT2D eigenvalue weighted by atomic mass is 15.1. The molecular formula is C27H21N5. The molecule has 0 aliphatic heterocycles. The molecule has 0 amide bonds. The van der Waals surface area contributed by atoms with E-state index < -0.39 is 0 Å². The number of nitrogens with zero attached hydrogens (tertiary/aromatic N) is 5. The lowest BCUT2D eigenvalue weighted by Crippen LogP contribution is -2.08. The summed E-state index contributed by atoms with van der Waals surface area (Å²) in [5.41, 5.74) is 4.51. The molecule has 5 heteroatoms. The van der Waals surface area contributed by atoms with Gasteiger partial charge in [0.1, 0.15) is 18.0 Å². The Morgan fingerprint density at radius 1 is 0.812 bits per heavy atom. The van der Waals surface area contributed by atoms with Crippen LogP contribution in [0.15, 0.2) is 96.5 Å². The van der Waals surface area contributed by atoms with Crippen LogP contribution in [0, 0.1) is 0 Å². The predicted octanol–water partition coefficient (Wildman–Crippen LogP) is 6.48. The molecule has 0 N–H and O–H groups in total. The second kappa shape index (κ2) is 7.17. The average Bonchev–Trinajstić information content (AvgIpc) is 3.36. The van der Waals surface area contributed by atoms with Gasteiger partial charge in [0.2, 0.25) is 0 Å². The molecule has 0 bridgehead atoms. The number of allylic oxidation sites excluding steroid dienone is 1. The molecule has 0 saturated heterocycles. The standard InChI is InChI=1S/C27H21N5/c1-3-15-29-18(2)31-23-10-6-4-8-19(23)21-12-13-22-20-9-5-7-11-24(20)32(27(22)26(21)31)25-14-16-28-17-30-25/h3-17H,1-2H3/b15-3-,29-18+. The van der Waals surface area contributed by atoms with Gasteiger partial charge in [-0.05, 0) is 32.0 Å². The van der Waals surface area contributed by atoms with Crippen molar-refractivity contribution < 1.29 is 0 Å². The molecule has 0 saturated carbocycles. The van der Waals surface area contributed by atoms with Crippen LogP contribution in [0.2, 0.25) is 0 Å². The van der Waals surface area contributed by atoms with Gasteiger partial charge in [-0.25, -0.2) is 15.0 Å². The molecule has 0 unspecified atom stereocenters. The van der Waals surface area contributed by atoms with Gasteiger partial charge in [0, 0.05) is 33.9 Å². The highest BCUT2D eigenvalue weighted by Gasteiger charge is 2.21. The second-order valence-corrected chi connectivity index (χ2v) is 7.79. The predicted molar refractivity (Wildman–Crippen MR) is 133 cm³/mol. The highest BCUT2D eigenvalue weighted by molar-refractivity contribution is 6.25. The lowest BCUT2D eigenvalue weighted by atomic mass is 10.1. The molecule has 32 heavy (non-hydrogen) atoms. The lowest BCUT2D eigenvalue weighted by Gasteiger charge is -2.11. The zero-order valence-electron chi connectivity index (χ0n) is 17.9. The van der Waals surface area contributed by atoms with Crippen molar-refractivity contribution in [3.05, 3.63) is 91.5 Å². The molecular weight excluding hydrogens is 394 g/mol. The Bertz CT molecular complexity index is 1680. The maximum absolute atomic E-state index is 4.71. The number of para-hydroxylation sites is 2. The Morgan fingerprint density at radius 2 is 1.50 bits per heavy atom. The van der Waals surface area contributed by atoms with Crippen molar-refractivity contribution in [3.63, 3.8) is 0 Å². The van der Waals surface area contributed by atoms with Crippen LogP contribution >= 0.6 is 0 Å². The van der Waals surface area contributed by atoms with E-state index in [1.807, 2.05) is 25.3 Å². The van der Waals surface area contributed by atoms with Crippen LogP contribution in [0.25, 0.3) is 49.4 Å². The van der Waals surface area contributed by atoms with Crippen LogP contribution in [-0.4, -0.2) is 24.9 Å². The zero-order chi connectivity index (χ0) is 21.7. The summed E-state index contributed by atoms with van der Waals surface area (Å²) in [6.07, 6.45) is 7.18. The van der Waals surface area contributed by atoms with Gasteiger partial charge in [-0.3, -0.25) is 9.13 Å². The van der Waals surface area contributed by atoms with Crippen molar-refractivity contribution in [1.82, 2.24) is 19.1 Å². The molecule has 0 spiro atoms. The Balaban J connectivity index is 1.92. The van der Waals surface area contributed by atoms with Gasteiger partial charge in [-0.1, -0.05) is 54.6 Å². The Kier molecular flexibility index (Phi) is 4.15. The third-order valence-corrected chi connectivity index (χ3v) is 6.00. The van der Waals surface area contributed by atoms with E-state index in [2.05, 4.69) is 86.7 Å². The third kappa shape index (κ3) is 2.54. The first-order valence-corrected chi connectivity index (χ1v) is 10.7. The minimum absolute atomic E-state index is 0.846. The maximum atomic E-state index is 4.71. The number of aromatic nitrogens is 4. The lowest BCUT2D eigenvalue weighted by molar-refractivity contribution is 1.04. The number of aliphatic imine (C=N–C) groups is 1. The zero-order valence-corrected chi connectivity index (χ0v) is 17.9.